The Morgan fingerprint density at radius 2 is 2.00 bits per heavy atom. The first kappa shape index (κ1) is 11.7. The minimum Gasteiger partial charge on any atom is -0.399 e. The molecule has 5 heteroatoms. The second-order valence-corrected chi connectivity index (χ2v) is 6.27. The fourth-order valence-corrected chi connectivity index (χ4v) is 4.06. The molecule has 0 spiro atoms. The predicted molar refractivity (Wildman–Crippen MR) is 79.0 cm³/mol. The molecular formula is C13H8ClNOS2. The average molecular weight is 294 g/mol. The van der Waals surface area contributed by atoms with E-state index in [4.69, 9.17) is 17.3 Å². The third-order valence-electron chi connectivity index (χ3n) is 2.60. The average Bonchev–Trinajstić information content (AvgIpc) is 2.87. The molecule has 0 saturated carbocycles. The summed E-state index contributed by atoms with van der Waals surface area (Å²) in [4.78, 5) is 13.0. The number of carbonyl (C=O) groups excluding carboxylic acids is 1. The SMILES string of the molecule is Nc1ccc(C(=O)c2cc3sccc3s2)c(Cl)c1. The van der Waals surface area contributed by atoms with Gasteiger partial charge in [-0.1, -0.05) is 11.6 Å². The molecule has 0 amide bonds. The zero-order chi connectivity index (χ0) is 12.7. The summed E-state index contributed by atoms with van der Waals surface area (Å²) in [7, 11) is 0. The number of hydrogen-bond donors (Lipinski definition) is 1. The van der Waals surface area contributed by atoms with Crippen molar-refractivity contribution >= 4 is 55.1 Å². The third-order valence-corrected chi connectivity index (χ3v) is 5.01. The van der Waals surface area contributed by atoms with E-state index in [1.54, 1.807) is 29.5 Å². The normalized spacial score (nSPS) is 10.9. The number of rotatable bonds is 2. The summed E-state index contributed by atoms with van der Waals surface area (Å²) in [5, 5.41) is 2.42. The summed E-state index contributed by atoms with van der Waals surface area (Å²) in [6, 6.07) is 8.90. The Balaban J connectivity index is 2.06. The zero-order valence-corrected chi connectivity index (χ0v) is 11.5. The van der Waals surface area contributed by atoms with Gasteiger partial charge in [-0.15, -0.1) is 22.7 Å². The number of halogens is 1. The van der Waals surface area contributed by atoms with Crippen LogP contribution >= 0.6 is 34.3 Å². The number of anilines is 1. The first-order valence-corrected chi connectivity index (χ1v) is 7.29. The van der Waals surface area contributed by atoms with E-state index in [0.29, 0.717) is 21.2 Å². The number of hydrogen-bond acceptors (Lipinski definition) is 4. The summed E-state index contributed by atoms with van der Waals surface area (Å²) in [5.74, 6) is -0.0478. The van der Waals surface area contributed by atoms with Crippen LogP contribution in [-0.2, 0) is 0 Å². The Kier molecular flexibility index (Phi) is 2.86. The van der Waals surface area contributed by atoms with Crippen molar-refractivity contribution in [3.8, 4) is 0 Å². The van der Waals surface area contributed by atoms with Crippen molar-refractivity contribution in [2.75, 3.05) is 5.73 Å². The van der Waals surface area contributed by atoms with Gasteiger partial charge in [0, 0.05) is 20.7 Å². The van der Waals surface area contributed by atoms with Gasteiger partial charge < -0.3 is 5.73 Å². The van der Waals surface area contributed by atoms with Gasteiger partial charge in [-0.25, -0.2) is 0 Å². The lowest BCUT2D eigenvalue weighted by Gasteiger charge is -2.02. The molecule has 0 aliphatic rings. The fourth-order valence-electron chi connectivity index (χ4n) is 1.73. The van der Waals surface area contributed by atoms with Crippen LogP contribution in [0.5, 0.6) is 0 Å². The number of benzene rings is 1. The van der Waals surface area contributed by atoms with E-state index in [1.807, 2.05) is 17.5 Å². The smallest absolute Gasteiger partial charge is 0.204 e. The lowest BCUT2D eigenvalue weighted by molar-refractivity contribution is 0.104. The molecule has 3 aromatic rings. The van der Waals surface area contributed by atoms with E-state index < -0.39 is 0 Å². The summed E-state index contributed by atoms with van der Waals surface area (Å²) in [6.07, 6.45) is 0. The third kappa shape index (κ3) is 1.92. The van der Waals surface area contributed by atoms with E-state index in [0.717, 1.165) is 9.40 Å². The van der Waals surface area contributed by atoms with Crippen LogP contribution in [0.2, 0.25) is 5.02 Å². The van der Waals surface area contributed by atoms with Gasteiger partial charge in [0.1, 0.15) is 0 Å². The molecular weight excluding hydrogens is 286 g/mol. The quantitative estimate of drug-likeness (QED) is 0.561. The Hall–Kier alpha value is -1.36. The van der Waals surface area contributed by atoms with Gasteiger partial charge in [-0.3, -0.25) is 4.79 Å². The molecule has 3 rings (SSSR count). The van der Waals surface area contributed by atoms with Crippen molar-refractivity contribution in [3.63, 3.8) is 0 Å². The highest BCUT2D eigenvalue weighted by atomic mass is 35.5. The lowest BCUT2D eigenvalue weighted by Crippen LogP contribution is -2.00. The van der Waals surface area contributed by atoms with Crippen LogP contribution in [0, 0.1) is 0 Å². The second kappa shape index (κ2) is 4.39. The van der Waals surface area contributed by atoms with Crippen LogP contribution in [0.25, 0.3) is 9.40 Å². The maximum absolute atomic E-state index is 12.3. The van der Waals surface area contributed by atoms with Crippen LogP contribution in [0.3, 0.4) is 0 Å². The van der Waals surface area contributed by atoms with Gasteiger partial charge in [-0.2, -0.15) is 0 Å². The van der Waals surface area contributed by atoms with Crippen molar-refractivity contribution in [2.45, 2.75) is 0 Å². The molecule has 2 nitrogen and oxygen atoms in total. The summed E-state index contributed by atoms with van der Waals surface area (Å²) < 4.78 is 2.27. The molecule has 18 heavy (non-hydrogen) atoms. The van der Waals surface area contributed by atoms with Crippen LogP contribution in [0.4, 0.5) is 5.69 Å². The highest BCUT2D eigenvalue weighted by Gasteiger charge is 2.16. The van der Waals surface area contributed by atoms with Gasteiger partial charge >= 0.3 is 0 Å². The van der Waals surface area contributed by atoms with Gasteiger partial charge in [0.05, 0.1) is 9.90 Å². The maximum Gasteiger partial charge on any atom is 0.204 e. The number of ketones is 1. The number of nitrogens with two attached hydrogens (primary N) is 1. The minimum atomic E-state index is -0.0478. The molecule has 0 fully saturated rings. The topological polar surface area (TPSA) is 43.1 Å². The van der Waals surface area contributed by atoms with Crippen LogP contribution in [0.15, 0.2) is 35.7 Å². The Bertz CT molecular complexity index is 716. The first-order valence-electron chi connectivity index (χ1n) is 5.22. The van der Waals surface area contributed by atoms with Gasteiger partial charge in [0.2, 0.25) is 5.78 Å². The van der Waals surface area contributed by atoms with Gasteiger partial charge in [0.15, 0.2) is 0 Å². The van der Waals surface area contributed by atoms with Crippen molar-refractivity contribution in [1.82, 2.24) is 0 Å². The molecule has 2 aromatic heterocycles. The van der Waals surface area contributed by atoms with E-state index in [9.17, 15) is 4.79 Å². The van der Waals surface area contributed by atoms with Gasteiger partial charge in [-0.05, 0) is 35.7 Å². The highest BCUT2D eigenvalue weighted by molar-refractivity contribution is 7.28. The molecule has 0 aliphatic carbocycles. The van der Waals surface area contributed by atoms with Crippen molar-refractivity contribution in [3.05, 3.63) is 51.2 Å². The number of nitrogen functional groups attached to an aromatic ring is 1. The summed E-state index contributed by atoms with van der Waals surface area (Å²) in [6.45, 7) is 0. The van der Waals surface area contributed by atoms with Gasteiger partial charge in [0.25, 0.3) is 0 Å². The molecule has 1 aromatic carbocycles. The van der Waals surface area contributed by atoms with Crippen molar-refractivity contribution in [2.24, 2.45) is 0 Å². The van der Waals surface area contributed by atoms with Crippen LogP contribution < -0.4 is 5.73 Å². The molecule has 0 saturated heterocycles. The molecule has 0 bridgehead atoms. The highest BCUT2D eigenvalue weighted by Crippen LogP contribution is 2.32. The molecule has 90 valence electrons. The molecule has 2 heterocycles. The summed E-state index contributed by atoms with van der Waals surface area (Å²) >= 11 is 9.18. The monoisotopic (exact) mass is 293 g/mol. The zero-order valence-electron chi connectivity index (χ0n) is 9.14. The Morgan fingerprint density at radius 1 is 1.17 bits per heavy atom. The Labute approximate surface area is 117 Å². The number of carbonyl (C=O) groups is 1. The molecule has 0 radical (unpaired) electrons. The molecule has 2 N–H and O–H groups in total. The maximum atomic E-state index is 12.3. The second-order valence-electron chi connectivity index (χ2n) is 3.83. The standard InChI is InChI=1S/C13H8ClNOS2/c14-9-5-7(15)1-2-8(9)13(16)12-6-11-10(18-12)3-4-17-11/h1-6H,15H2. The van der Waals surface area contributed by atoms with Crippen molar-refractivity contribution < 1.29 is 4.79 Å². The molecule has 0 atom stereocenters. The summed E-state index contributed by atoms with van der Waals surface area (Å²) in [5.41, 5.74) is 6.68. The van der Waals surface area contributed by atoms with E-state index in [1.165, 1.54) is 11.3 Å². The largest absolute Gasteiger partial charge is 0.399 e. The van der Waals surface area contributed by atoms with E-state index in [2.05, 4.69) is 0 Å². The fraction of sp³-hybridized carbons (Fsp3) is 0. The minimum absolute atomic E-state index is 0.0478. The van der Waals surface area contributed by atoms with E-state index >= 15 is 0 Å². The molecule has 0 unspecified atom stereocenters. The van der Waals surface area contributed by atoms with Crippen LogP contribution in [-0.4, -0.2) is 5.78 Å². The first-order chi connectivity index (χ1) is 8.65. The predicted octanol–water partition coefficient (Wildman–Crippen LogP) is 4.43. The lowest BCUT2D eigenvalue weighted by atomic mass is 10.1. The number of fused-ring (bicyclic) bond motifs is 1. The van der Waals surface area contributed by atoms with Crippen molar-refractivity contribution in [1.29, 1.82) is 0 Å². The molecule has 0 aliphatic heterocycles. The van der Waals surface area contributed by atoms with E-state index in [-0.39, 0.29) is 5.78 Å². The number of thiophene rings is 2. The van der Waals surface area contributed by atoms with Crippen LogP contribution in [0.1, 0.15) is 15.2 Å². The Morgan fingerprint density at radius 3 is 2.72 bits per heavy atom.